The van der Waals surface area contributed by atoms with Crippen molar-refractivity contribution < 1.29 is 9.90 Å². The minimum Gasteiger partial charge on any atom is -0.393 e. The summed E-state index contributed by atoms with van der Waals surface area (Å²) in [5.74, 6) is 0.662. The lowest BCUT2D eigenvalue weighted by Crippen LogP contribution is -2.40. The maximum absolute atomic E-state index is 12.4. The summed E-state index contributed by atoms with van der Waals surface area (Å²) in [6.45, 7) is 7.77. The van der Waals surface area contributed by atoms with E-state index < -0.39 is 0 Å². The minimum absolute atomic E-state index is 0.181. The molecule has 0 aromatic heterocycles. The number of carbonyl (C=O) groups excluding carboxylic acids is 1. The molecule has 1 aromatic rings. The fraction of sp³-hybridized carbons (Fsp3) is 0.588. The molecule has 1 aliphatic heterocycles. The van der Waals surface area contributed by atoms with Gasteiger partial charge in [0.1, 0.15) is 0 Å². The normalized spacial score (nSPS) is 16.8. The molecule has 0 spiro atoms. The van der Waals surface area contributed by atoms with Crippen molar-refractivity contribution in [1.82, 2.24) is 4.90 Å². The van der Waals surface area contributed by atoms with Crippen LogP contribution in [0.25, 0.3) is 0 Å². The molecule has 1 saturated heterocycles. The number of nitrogens with zero attached hydrogens (tertiary/aromatic N) is 1. The Morgan fingerprint density at radius 1 is 1.35 bits per heavy atom. The second-order valence-corrected chi connectivity index (χ2v) is 6.13. The van der Waals surface area contributed by atoms with E-state index >= 15 is 0 Å². The molecule has 0 unspecified atom stereocenters. The lowest BCUT2D eigenvalue weighted by atomic mass is 9.96. The molecule has 1 aromatic carbocycles. The van der Waals surface area contributed by atoms with Crippen LogP contribution in [0.1, 0.15) is 49.3 Å². The Morgan fingerprint density at radius 3 is 2.60 bits per heavy atom. The van der Waals surface area contributed by atoms with Crippen LogP contribution in [0.3, 0.4) is 0 Å². The number of piperidine rings is 1. The van der Waals surface area contributed by atoms with Gasteiger partial charge in [-0.05, 0) is 42.4 Å². The summed E-state index contributed by atoms with van der Waals surface area (Å²) in [4.78, 5) is 14.2. The molecule has 0 saturated carbocycles. The molecule has 3 nitrogen and oxygen atoms in total. The van der Waals surface area contributed by atoms with E-state index in [1.54, 1.807) is 0 Å². The van der Waals surface area contributed by atoms with Gasteiger partial charge in [-0.25, -0.2) is 0 Å². The second kappa shape index (κ2) is 6.40. The molecular weight excluding hydrogens is 250 g/mol. The molecule has 1 aliphatic rings. The summed E-state index contributed by atoms with van der Waals surface area (Å²) in [6.07, 6.45) is 1.65. The Hall–Kier alpha value is -1.35. The van der Waals surface area contributed by atoms with Crippen LogP contribution in [0.15, 0.2) is 18.2 Å². The highest BCUT2D eigenvalue weighted by Crippen LogP contribution is 2.20. The molecule has 3 heteroatoms. The number of hydrogen-bond acceptors (Lipinski definition) is 2. The van der Waals surface area contributed by atoms with Crippen LogP contribution in [-0.4, -0.2) is 35.1 Å². The maximum Gasteiger partial charge on any atom is 0.227 e. The Bertz CT molecular complexity index is 474. The summed E-state index contributed by atoms with van der Waals surface area (Å²) in [7, 11) is 0. The first kappa shape index (κ1) is 15.0. The second-order valence-electron chi connectivity index (χ2n) is 6.13. The van der Waals surface area contributed by atoms with Gasteiger partial charge < -0.3 is 10.0 Å². The number of likely N-dealkylation sites (tertiary alicyclic amines) is 1. The largest absolute Gasteiger partial charge is 0.393 e. The Morgan fingerprint density at radius 2 is 2.00 bits per heavy atom. The van der Waals surface area contributed by atoms with Gasteiger partial charge in [-0.2, -0.15) is 0 Å². The smallest absolute Gasteiger partial charge is 0.227 e. The van der Waals surface area contributed by atoms with Crippen LogP contribution in [0.4, 0.5) is 0 Å². The molecule has 1 fully saturated rings. The lowest BCUT2D eigenvalue weighted by Gasteiger charge is -2.30. The van der Waals surface area contributed by atoms with E-state index in [1.807, 2.05) is 4.90 Å². The third-order valence-electron chi connectivity index (χ3n) is 4.20. The van der Waals surface area contributed by atoms with Crippen LogP contribution in [0, 0.1) is 6.92 Å². The van der Waals surface area contributed by atoms with Crippen molar-refractivity contribution in [1.29, 1.82) is 0 Å². The van der Waals surface area contributed by atoms with E-state index in [0.29, 0.717) is 38.3 Å². The van der Waals surface area contributed by atoms with Gasteiger partial charge in [0.15, 0.2) is 0 Å². The van der Waals surface area contributed by atoms with E-state index in [1.165, 1.54) is 11.1 Å². The molecule has 1 heterocycles. The van der Waals surface area contributed by atoms with Crippen LogP contribution in [0.2, 0.25) is 0 Å². The van der Waals surface area contributed by atoms with Crippen molar-refractivity contribution in [2.24, 2.45) is 0 Å². The molecule has 0 bridgehead atoms. The first-order chi connectivity index (χ1) is 9.47. The number of amides is 1. The van der Waals surface area contributed by atoms with Crippen LogP contribution in [-0.2, 0) is 11.2 Å². The van der Waals surface area contributed by atoms with Crippen molar-refractivity contribution in [3.63, 3.8) is 0 Å². The highest BCUT2D eigenvalue weighted by atomic mass is 16.3. The van der Waals surface area contributed by atoms with Gasteiger partial charge in [-0.1, -0.05) is 32.0 Å². The lowest BCUT2D eigenvalue weighted by molar-refractivity contribution is -0.132. The van der Waals surface area contributed by atoms with Gasteiger partial charge in [0.25, 0.3) is 0 Å². The third-order valence-corrected chi connectivity index (χ3v) is 4.20. The quantitative estimate of drug-likeness (QED) is 0.921. The van der Waals surface area contributed by atoms with E-state index in [-0.39, 0.29) is 12.0 Å². The van der Waals surface area contributed by atoms with Gasteiger partial charge in [0, 0.05) is 13.1 Å². The summed E-state index contributed by atoms with van der Waals surface area (Å²) >= 11 is 0. The number of benzene rings is 1. The van der Waals surface area contributed by atoms with E-state index in [4.69, 9.17) is 0 Å². The topological polar surface area (TPSA) is 40.5 Å². The highest BCUT2D eigenvalue weighted by molar-refractivity contribution is 5.79. The van der Waals surface area contributed by atoms with Gasteiger partial charge in [0.2, 0.25) is 5.91 Å². The Labute approximate surface area is 121 Å². The zero-order valence-corrected chi connectivity index (χ0v) is 12.7. The first-order valence-corrected chi connectivity index (χ1v) is 7.52. The van der Waals surface area contributed by atoms with Gasteiger partial charge in [-0.15, -0.1) is 0 Å². The standard InChI is InChI=1S/C17H25NO2/c1-12(2)14-5-4-13(3)15(10-14)11-17(20)18-8-6-16(19)7-9-18/h4-5,10,12,16,19H,6-9,11H2,1-3H3. The van der Waals surface area contributed by atoms with Gasteiger partial charge >= 0.3 is 0 Å². The summed E-state index contributed by atoms with van der Waals surface area (Å²) in [5.41, 5.74) is 3.60. The van der Waals surface area contributed by atoms with Crippen LogP contribution < -0.4 is 0 Å². The summed E-state index contributed by atoms with van der Waals surface area (Å²) in [5, 5.41) is 9.50. The fourth-order valence-electron chi connectivity index (χ4n) is 2.63. The fourth-order valence-corrected chi connectivity index (χ4v) is 2.63. The summed E-state index contributed by atoms with van der Waals surface area (Å²) < 4.78 is 0. The monoisotopic (exact) mass is 275 g/mol. The first-order valence-electron chi connectivity index (χ1n) is 7.52. The van der Waals surface area contributed by atoms with Crippen molar-refractivity contribution in [3.05, 3.63) is 34.9 Å². The van der Waals surface area contributed by atoms with E-state index in [9.17, 15) is 9.90 Å². The molecule has 110 valence electrons. The summed E-state index contributed by atoms with van der Waals surface area (Å²) in [6, 6.07) is 6.42. The molecule has 0 radical (unpaired) electrons. The number of aryl methyl sites for hydroxylation is 1. The molecule has 20 heavy (non-hydrogen) atoms. The predicted molar refractivity (Wildman–Crippen MR) is 80.8 cm³/mol. The number of aliphatic hydroxyl groups excluding tert-OH is 1. The van der Waals surface area contributed by atoms with E-state index in [2.05, 4.69) is 39.0 Å². The Kier molecular flexibility index (Phi) is 4.81. The average molecular weight is 275 g/mol. The molecule has 2 rings (SSSR count). The zero-order valence-electron chi connectivity index (χ0n) is 12.7. The van der Waals surface area contributed by atoms with E-state index in [0.717, 1.165) is 5.56 Å². The molecule has 0 atom stereocenters. The highest BCUT2D eigenvalue weighted by Gasteiger charge is 2.21. The molecular formula is C17H25NO2. The number of hydrogen-bond donors (Lipinski definition) is 1. The van der Waals surface area contributed by atoms with Crippen LogP contribution >= 0.6 is 0 Å². The van der Waals surface area contributed by atoms with Gasteiger partial charge in [-0.3, -0.25) is 4.79 Å². The molecule has 0 aliphatic carbocycles. The van der Waals surface area contributed by atoms with Crippen molar-refractivity contribution in [2.45, 2.75) is 52.1 Å². The zero-order chi connectivity index (χ0) is 14.7. The van der Waals surface area contributed by atoms with Gasteiger partial charge in [0.05, 0.1) is 12.5 Å². The molecule has 1 amide bonds. The van der Waals surface area contributed by atoms with Crippen molar-refractivity contribution in [2.75, 3.05) is 13.1 Å². The number of aliphatic hydroxyl groups is 1. The SMILES string of the molecule is Cc1ccc(C(C)C)cc1CC(=O)N1CCC(O)CC1. The third kappa shape index (κ3) is 3.60. The van der Waals surface area contributed by atoms with Crippen molar-refractivity contribution in [3.8, 4) is 0 Å². The number of rotatable bonds is 3. The molecule has 1 N–H and O–H groups in total. The Balaban J connectivity index is 2.05. The number of carbonyl (C=O) groups is 1. The maximum atomic E-state index is 12.4. The predicted octanol–water partition coefficient (Wildman–Crippen LogP) is 2.64. The van der Waals surface area contributed by atoms with Crippen molar-refractivity contribution >= 4 is 5.91 Å². The average Bonchev–Trinajstić information content (AvgIpc) is 2.41. The minimum atomic E-state index is -0.231. The van der Waals surface area contributed by atoms with Crippen LogP contribution in [0.5, 0.6) is 0 Å².